The second kappa shape index (κ2) is 10.4. The van der Waals surface area contributed by atoms with E-state index in [1.807, 2.05) is 60.8 Å². The third kappa shape index (κ3) is 4.69. The number of para-hydroxylation sites is 2. The monoisotopic (exact) mass is 524 g/mol. The first kappa shape index (κ1) is 24.3. The predicted octanol–water partition coefficient (Wildman–Crippen LogP) is 9.90. The lowest BCUT2D eigenvalue weighted by atomic mass is 9.93. The normalized spacial score (nSPS) is 11.5. The maximum absolute atomic E-state index is 9.09. The highest BCUT2D eigenvalue weighted by Crippen LogP contribution is 2.42. The molecule has 7 rings (SSSR count). The summed E-state index contributed by atoms with van der Waals surface area (Å²) in [4.78, 5) is 4.74. The van der Waals surface area contributed by atoms with E-state index in [4.69, 9.17) is 15.0 Å². The first-order chi connectivity index (χ1) is 20.3. The van der Waals surface area contributed by atoms with E-state index in [0.29, 0.717) is 5.56 Å². The molecular formula is C38H24N2O. The van der Waals surface area contributed by atoms with Gasteiger partial charge >= 0.3 is 0 Å². The molecule has 3 nitrogen and oxygen atoms in total. The first-order valence-electron chi connectivity index (χ1n) is 13.5. The molecule has 41 heavy (non-hydrogen) atoms. The number of nitriles is 1. The summed E-state index contributed by atoms with van der Waals surface area (Å²) in [5.41, 5.74) is 11.1. The third-order valence-electron chi connectivity index (χ3n) is 7.44. The van der Waals surface area contributed by atoms with Crippen LogP contribution in [0.15, 0.2) is 134 Å². The topological polar surface area (TPSA) is 45.9 Å². The predicted molar refractivity (Wildman–Crippen MR) is 166 cm³/mol. The maximum atomic E-state index is 9.09. The van der Waals surface area contributed by atoms with Crippen LogP contribution in [0.5, 0.6) is 11.5 Å². The van der Waals surface area contributed by atoms with Crippen LogP contribution in [-0.4, -0.2) is 4.98 Å². The summed E-state index contributed by atoms with van der Waals surface area (Å²) in [5.74, 6) is 1.63. The molecular weight excluding hydrogens is 500 g/mol. The molecule has 0 bridgehead atoms. The average molecular weight is 525 g/mol. The van der Waals surface area contributed by atoms with E-state index in [0.717, 1.165) is 67.3 Å². The number of rotatable bonds is 2. The minimum atomic E-state index is 0.638. The van der Waals surface area contributed by atoms with Crippen molar-refractivity contribution in [2.75, 3.05) is 0 Å². The van der Waals surface area contributed by atoms with Crippen molar-refractivity contribution in [3.8, 4) is 62.2 Å². The molecule has 192 valence electrons. The minimum absolute atomic E-state index is 0.638. The van der Waals surface area contributed by atoms with Crippen molar-refractivity contribution in [3.63, 3.8) is 0 Å². The van der Waals surface area contributed by atoms with Gasteiger partial charge in [0.05, 0.1) is 17.3 Å². The Hall–Kier alpha value is -5.72. The van der Waals surface area contributed by atoms with Crippen molar-refractivity contribution in [2.24, 2.45) is 0 Å². The lowest BCUT2D eigenvalue weighted by Gasteiger charge is -2.16. The summed E-state index contributed by atoms with van der Waals surface area (Å²) in [7, 11) is 0. The van der Waals surface area contributed by atoms with Crippen LogP contribution in [0.3, 0.4) is 0 Å². The van der Waals surface area contributed by atoms with Crippen molar-refractivity contribution in [2.45, 2.75) is 0 Å². The molecule has 0 radical (unpaired) electrons. The Kier molecular flexibility index (Phi) is 6.20. The van der Waals surface area contributed by atoms with Gasteiger partial charge in [-0.3, -0.25) is 4.98 Å². The SMILES string of the molecule is N#Cc1ccc(-c2ccc(-c3ccc4c(c3)-c3ccccc3Oc3ccccc3-c3ccccc3C=C4)cn2)cc1. The fourth-order valence-electron chi connectivity index (χ4n) is 5.31. The summed E-state index contributed by atoms with van der Waals surface area (Å²) in [6.07, 6.45) is 6.28. The van der Waals surface area contributed by atoms with Gasteiger partial charge in [0.15, 0.2) is 0 Å². The summed E-state index contributed by atoms with van der Waals surface area (Å²) in [6, 6.07) is 45.2. The van der Waals surface area contributed by atoms with E-state index in [-0.39, 0.29) is 0 Å². The van der Waals surface area contributed by atoms with Crippen LogP contribution in [0.4, 0.5) is 0 Å². The van der Waals surface area contributed by atoms with Crippen LogP contribution in [-0.2, 0) is 0 Å². The third-order valence-corrected chi connectivity index (χ3v) is 7.44. The van der Waals surface area contributed by atoms with Crippen LogP contribution in [0.2, 0.25) is 0 Å². The van der Waals surface area contributed by atoms with Gasteiger partial charge in [-0.05, 0) is 64.2 Å². The van der Waals surface area contributed by atoms with Crippen molar-refractivity contribution in [1.82, 2.24) is 4.98 Å². The van der Waals surface area contributed by atoms with Crippen LogP contribution < -0.4 is 4.74 Å². The number of benzene rings is 5. The van der Waals surface area contributed by atoms with Crippen LogP contribution in [0.1, 0.15) is 16.7 Å². The number of aromatic nitrogens is 1. The number of ether oxygens (including phenoxy) is 1. The minimum Gasteiger partial charge on any atom is -0.456 e. The molecule has 0 spiro atoms. The van der Waals surface area contributed by atoms with Gasteiger partial charge in [-0.15, -0.1) is 0 Å². The average Bonchev–Trinajstić information content (AvgIpc) is 3.06. The molecule has 0 unspecified atom stereocenters. The Bertz CT molecular complexity index is 1960. The number of hydrogen-bond donors (Lipinski definition) is 0. The highest BCUT2D eigenvalue weighted by Gasteiger charge is 2.16. The van der Waals surface area contributed by atoms with Gasteiger partial charge < -0.3 is 4.74 Å². The Balaban J connectivity index is 1.35. The maximum Gasteiger partial charge on any atom is 0.135 e. The zero-order valence-electron chi connectivity index (χ0n) is 22.2. The molecule has 0 fully saturated rings. The van der Waals surface area contributed by atoms with Gasteiger partial charge in [-0.2, -0.15) is 5.26 Å². The largest absolute Gasteiger partial charge is 0.456 e. The Morgan fingerprint density at radius 3 is 1.78 bits per heavy atom. The molecule has 0 atom stereocenters. The quantitative estimate of drug-likeness (QED) is 0.226. The molecule has 0 saturated heterocycles. The van der Waals surface area contributed by atoms with E-state index in [1.54, 1.807) is 0 Å². The van der Waals surface area contributed by atoms with Crippen LogP contribution in [0.25, 0.3) is 56.8 Å². The summed E-state index contributed by atoms with van der Waals surface area (Å²) in [5, 5.41) is 9.09. The second-order valence-electron chi connectivity index (χ2n) is 9.94. The smallest absolute Gasteiger partial charge is 0.135 e. The summed E-state index contributed by atoms with van der Waals surface area (Å²) < 4.78 is 6.65. The van der Waals surface area contributed by atoms with E-state index in [1.165, 1.54) is 0 Å². The lowest BCUT2D eigenvalue weighted by Crippen LogP contribution is -1.93. The zero-order chi connectivity index (χ0) is 27.6. The Morgan fingerprint density at radius 2 is 1.10 bits per heavy atom. The number of pyridine rings is 1. The number of fused-ring (bicyclic) bond motifs is 6. The van der Waals surface area contributed by atoms with Gasteiger partial charge in [0.1, 0.15) is 11.5 Å². The standard InChI is InChI=1S/C38H24N2O/c39-24-26-13-15-29(16-14-26)36-22-21-31(25-40-36)30-20-19-28-18-17-27-7-1-2-8-32(27)33-9-3-5-11-37(33)41-38-12-6-4-10-34(38)35(28)23-30/h1-23,25H. The van der Waals surface area contributed by atoms with Gasteiger partial charge in [0.2, 0.25) is 0 Å². The molecule has 1 aliphatic rings. The van der Waals surface area contributed by atoms with E-state index in [2.05, 4.69) is 91.0 Å². The highest BCUT2D eigenvalue weighted by atomic mass is 16.5. The number of hydrogen-bond acceptors (Lipinski definition) is 3. The molecule has 0 saturated carbocycles. The van der Waals surface area contributed by atoms with Gasteiger partial charge in [0, 0.05) is 28.5 Å². The van der Waals surface area contributed by atoms with E-state index >= 15 is 0 Å². The van der Waals surface area contributed by atoms with Crippen molar-refractivity contribution >= 4 is 12.2 Å². The Morgan fingerprint density at radius 1 is 0.512 bits per heavy atom. The molecule has 3 heteroatoms. The van der Waals surface area contributed by atoms with E-state index in [9.17, 15) is 0 Å². The highest BCUT2D eigenvalue weighted by molar-refractivity contribution is 5.90. The Labute approximate surface area is 239 Å². The van der Waals surface area contributed by atoms with Crippen molar-refractivity contribution in [3.05, 3.63) is 150 Å². The van der Waals surface area contributed by atoms with Crippen molar-refractivity contribution < 1.29 is 4.74 Å². The lowest BCUT2D eigenvalue weighted by molar-refractivity contribution is 0.486. The zero-order valence-corrected chi connectivity index (χ0v) is 22.2. The molecule has 1 aromatic heterocycles. The molecule has 0 aliphatic carbocycles. The number of nitrogens with zero attached hydrogens (tertiary/aromatic N) is 2. The van der Waals surface area contributed by atoms with Crippen LogP contribution >= 0.6 is 0 Å². The van der Waals surface area contributed by atoms with E-state index < -0.39 is 0 Å². The first-order valence-corrected chi connectivity index (χ1v) is 13.5. The molecule has 0 N–H and O–H groups in total. The molecule has 6 aromatic rings. The molecule has 2 heterocycles. The molecule has 0 amide bonds. The fraction of sp³-hybridized carbons (Fsp3) is 0. The fourth-order valence-corrected chi connectivity index (χ4v) is 5.31. The van der Waals surface area contributed by atoms with Gasteiger partial charge in [0.25, 0.3) is 0 Å². The summed E-state index contributed by atoms with van der Waals surface area (Å²) >= 11 is 0. The summed E-state index contributed by atoms with van der Waals surface area (Å²) in [6.45, 7) is 0. The van der Waals surface area contributed by atoms with Gasteiger partial charge in [-0.1, -0.05) is 103 Å². The van der Waals surface area contributed by atoms with Crippen molar-refractivity contribution in [1.29, 1.82) is 5.26 Å². The van der Waals surface area contributed by atoms with Crippen LogP contribution in [0, 0.1) is 11.3 Å². The molecule has 1 aliphatic heterocycles. The molecule has 5 aromatic carbocycles. The van der Waals surface area contributed by atoms with Gasteiger partial charge in [-0.25, -0.2) is 0 Å². The second-order valence-corrected chi connectivity index (χ2v) is 9.94.